The number of cyclic esters (lactones) is 1. The molecular formula is C27H34NO9P. The molecule has 1 aromatic carbocycles. The third-order valence-corrected chi connectivity index (χ3v) is 6.98. The van der Waals surface area contributed by atoms with E-state index in [1.807, 2.05) is 32.1 Å². The predicted octanol–water partition coefficient (Wildman–Crippen LogP) is 4.56. The summed E-state index contributed by atoms with van der Waals surface area (Å²) in [5, 5.41) is 10.8. The van der Waals surface area contributed by atoms with E-state index in [0.29, 0.717) is 41.2 Å². The highest BCUT2D eigenvalue weighted by Gasteiger charge is 2.39. The summed E-state index contributed by atoms with van der Waals surface area (Å²) < 4.78 is 33.2. The number of methoxy groups -OCH3 is 1. The fourth-order valence-corrected chi connectivity index (χ4v) is 4.57. The third kappa shape index (κ3) is 6.56. The van der Waals surface area contributed by atoms with Crippen LogP contribution in [0.1, 0.15) is 39.7 Å². The smallest absolute Gasteiger partial charge is 0.347 e. The van der Waals surface area contributed by atoms with Crippen LogP contribution >= 0.6 is 8.61 Å². The van der Waals surface area contributed by atoms with E-state index < -0.39 is 26.6 Å². The van der Waals surface area contributed by atoms with Crippen LogP contribution in [-0.4, -0.2) is 48.2 Å². The first-order chi connectivity index (χ1) is 18.2. The summed E-state index contributed by atoms with van der Waals surface area (Å²) in [6.07, 6.45) is 3.60. The molecule has 0 fully saturated rings. The molecule has 1 N–H and O–H groups in total. The predicted molar refractivity (Wildman–Crippen MR) is 140 cm³/mol. The molecule has 1 heterocycles. The number of para-hydroxylation sites is 1. The summed E-state index contributed by atoms with van der Waals surface area (Å²) in [7, 11) is -0.0138. The maximum atomic E-state index is 12.1. The van der Waals surface area contributed by atoms with E-state index in [4.69, 9.17) is 23.8 Å². The third-order valence-electron chi connectivity index (χ3n) is 6.22. The van der Waals surface area contributed by atoms with Gasteiger partial charge in [0.1, 0.15) is 23.1 Å². The van der Waals surface area contributed by atoms with E-state index in [-0.39, 0.29) is 30.5 Å². The molecule has 10 nitrogen and oxygen atoms in total. The molecular weight excluding hydrogens is 513 g/mol. The number of aliphatic hydroxyl groups is 1. The first-order valence-corrected chi connectivity index (χ1v) is 13.2. The monoisotopic (exact) mass is 547 g/mol. The Morgan fingerprint density at radius 2 is 2.05 bits per heavy atom. The molecule has 0 saturated carbocycles. The van der Waals surface area contributed by atoms with Gasteiger partial charge < -0.3 is 33.5 Å². The maximum absolute atomic E-state index is 12.1. The molecule has 2 aliphatic rings. The van der Waals surface area contributed by atoms with Crippen LogP contribution in [-0.2, 0) is 39.7 Å². The molecule has 0 aromatic heterocycles. The highest BCUT2D eigenvalue weighted by atomic mass is 31.1. The lowest BCUT2D eigenvalue weighted by atomic mass is 9.83. The Hall–Kier alpha value is -3.33. The zero-order valence-electron chi connectivity index (χ0n) is 22.2. The van der Waals surface area contributed by atoms with Crippen LogP contribution in [0, 0.1) is 5.92 Å². The zero-order chi connectivity index (χ0) is 27.8. The number of fused-ring (bicyclic) bond motifs is 1. The molecule has 1 aliphatic carbocycles. The number of allylic oxidation sites excluding steroid dienone is 3. The molecule has 0 bridgehead atoms. The Bertz CT molecular complexity index is 1200. The number of ether oxygens (including phenoxy) is 4. The van der Waals surface area contributed by atoms with Gasteiger partial charge in [0.05, 0.1) is 33.2 Å². The number of hydroxylamine groups is 1. The van der Waals surface area contributed by atoms with Gasteiger partial charge in [-0.3, -0.25) is 4.79 Å². The molecule has 11 heteroatoms. The second-order valence-electron chi connectivity index (χ2n) is 8.81. The van der Waals surface area contributed by atoms with Gasteiger partial charge in [-0.2, -0.15) is 0 Å². The minimum absolute atomic E-state index is 0.133. The molecule has 206 valence electrons. The Balaban J connectivity index is 1.64. The quantitative estimate of drug-likeness (QED) is 0.163. The van der Waals surface area contributed by atoms with Gasteiger partial charge in [0.25, 0.3) is 0 Å². The topological polar surface area (TPSA) is 121 Å². The molecule has 1 aliphatic heterocycles. The van der Waals surface area contributed by atoms with E-state index in [0.717, 1.165) is 10.4 Å². The zero-order valence-corrected chi connectivity index (χ0v) is 23.3. The van der Waals surface area contributed by atoms with Crippen LogP contribution in [0.2, 0.25) is 0 Å². The van der Waals surface area contributed by atoms with Gasteiger partial charge in [0, 0.05) is 22.6 Å². The van der Waals surface area contributed by atoms with E-state index >= 15 is 0 Å². The summed E-state index contributed by atoms with van der Waals surface area (Å²) >= 11 is 0. The number of carbonyl (C=O) groups excluding carboxylic acids is 2. The molecule has 0 saturated heterocycles. The molecule has 0 amide bonds. The first kappa shape index (κ1) is 29.2. The van der Waals surface area contributed by atoms with Crippen molar-refractivity contribution in [2.24, 2.45) is 5.92 Å². The summed E-state index contributed by atoms with van der Waals surface area (Å²) in [4.78, 5) is 31.0. The number of rotatable bonds is 13. The van der Waals surface area contributed by atoms with Gasteiger partial charge in [-0.15, -0.1) is 0 Å². The Labute approximate surface area is 223 Å². The van der Waals surface area contributed by atoms with Crippen molar-refractivity contribution in [2.75, 3.05) is 20.3 Å². The average molecular weight is 548 g/mol. The van der Waals surface area contributed by atoms with Crippen molar-refractivity contribution >= 4 is 20.5 Å². The minimum atomic E-state index is -1.55. The summed E-state index contributed by atoms with van der Waals surface area (Å²) in [6.45, 7) is 7.76. The standard InChI is InChI=1S/C27H34NO9P/c1-6-35-26(30)18(4)28(38-32)37-22-10-8-7-9-19(22)14-34-13-16(2)11-12-20-24(29)23-21(15-36-27(23)31)17(3)25(20)33-5/h7-11,15,17-18,29H,6,12-14,38H2,1-5H3. The number of esters is 2. The van der Waals surface area contributed by atoms with Gasteiger partial charge in [-0.1, -0.05) is 41.6 Å². The van der Waals surface area contributed by atoms with Crippen molar-refractivity contribution in [3.8, 4) is 5.75 Å². The summed E-state index contributed by atoms with van der Waals surface area (Å²) in [5.41, 5.74) is 2.92. The Morgan fingerprint density at radius 3 is 2.74 bits per heavy atom. The molecule has 3 rings (SSSR count). The molecule has 38 heavy (non-hydrogen) atoms. The molecule has 3 unspecified atom stereocenters. The lowest BCUT2D eigenvalue weighted by Crippen LogP contribution is -2.36. The van der Waals surface area contributed by atoms with Crippen LogP contribution in [0.15, 0.2) is 70.4 Å². The highest BCUT2D eigenvalue weighted by molar-refractivity contribution is 7.20. The van der Waals surface area contributed by atoms with Crippen molar-refractivity contribution in [1.82, 2.24) is 4.83 Å². The number of aliphatic hydroxyl groups excluding tert-OH is 1. The molecule has 1 aromatic rings. The largest absolute Gasteiger partial charge is 0.507 e. The fraction of sp³-hybridized carbons (Fsp3) is 0.407. The van der Waals surface area contributed by atoms with Gasteiger partial charge in [-0.05, 0) is 33.3 Å². The van der Waals surface area contributed by atoms with Crippen molar-refractivity contribution in [2.45, 2.75) is 46.8 Å². The van der Waals surface area contributed by atoms with Crippen LogP contribution in [0.4, 0.5) is 0 Å². The second kappa shape index (κ2) is 13.5. The van der Waals surface area contributed by atoms with Crippen molar-refractivity contribution < 1.29 is 43.0 Å². The number of nitrogens with zero attached hydrogens (tertiary/aromatic N) is 1. The lowest BCUT2D eigenvalue weighted by molar-refractivity contribution is -0.153. The number of benzene rings is 1. The number of hydrogen-bond acceptors (Lipinski definition) is 9. The lowest BCUT2D eigenvalue weighted by Gasteiger charge is -2.25. The van der Waals surface area contributed by atoms with Crippen LogP contribution < -0.4 is 4.84 Å². The van der Waals surface area contributed by atoms with Crippen LogP contribution in [0.25, 0.3) is 0 Å². The minimum Gasteiger partial charge on any atom is -0.507 e. The normalized spacial score (nSPS) is 18.6. The SMILES string of the molecule is CCOC(=O)C(C)N(Oc1ccccc1COCC(C)=CCC1=C(OC)C(C)C2=COC(=O)C2=C1O)[PH2]=O. The highest BCUT2D eigenvalue weighted by Crippen LogP contribution is 2.42. The Morgan fingerprint density at radius 1 is 1.32 bits per heavy atom. The van der Waals surface area contributed by atoms with Crippen LogP contribution in [0.5, 0.6) is 5.75 Å². The van der Waals surface area contributed by atoms with E-state index in [1.54, 1.807) is 26.0 Å². The number of carbonyl (C=O) groups is 2. The average Bonchev–Trinajstić information content (AvgIpc) is 3.30. The van der Waals surface area contributed by atoms with Crippen molar-refractivity contribution in [1.29, 1.82) is 0 Å². The molecule has 3 atom stereocenters. The van der Waals surface area contributed by atoms with Crippen LogP contribution in [0.3, 0.4) is 0 Å². The van der Waals surface area contributed by atoms with Crippen molar-refractivity contribution in [3.63, 3.8) is 0 Å². The van der Waals surface area contributed by atoms with Gasteiger partial charge >= 0.3 is 11.9 Å². The van der Waals surface area contributed by atoms with Gasteiger partial charge in [-0.25, -0.2) is 4.79 Å². The maximum Gasteiger partial charge on any atom is 0.347 e. The molecule has 0 spiro atoms. The van der Waals surface area contributed by atoms with Crippen molar-refractivity contribution in [3.05, 3.63) is 76.0 Å². The van der Waals surface area contributed by atoms with E-state index in [2.05, 4.69) is 0 Å². The first-order valence-electron chi connectivity index (χ1n) is 12.2. The second-order valence-corrected chi connectivity index (χ2v) is 9.53. The van der Waals surface area contributed by atoms with Gasteiger partial charge in [0.2, 0.25) is 0 Å². The van der Waals surface area contributed by atoms with E-state index in [9.17, 15) is 19.3 Å². The Kier molecular flexibility index (Phi) is 10.4. The summed E-state index contributed by atoms with van der Waals surface area (Å²) in [6, 6.07) is 6.28. The molecule has 0 radical (unpaired) electrons. The number of hydrogen-bond donors (Lipinski definition) is 1. The summed E-state index contributed by atoms with van der Waals surface area (Å²) in [5.74, 6) is -0.459. The van der Waals surface area contributed by atoms with E-state index in [1.165, 1.54) is 13.4 Å². The fourth-order valence-electron chi connectivity index (χ4n) is 4.11. The van der Waals surface area contributed by atoms with Gasteiger partial charge in [0.15, 0.2) is 14.4 Å².